The van der Waals surface area contributed by atoms with E-state index in [1.165, 1.54) is 0 Å². The Kier molecular flexibility index (Phi) is 6.29. The summed E-state index contributed by atoms with van der Waals surface area (Å²) in [7, 11) is -3.71. The van der Waals surface area contributed by atoms with Gasteiger partial charge in [-0.15, -0.1) is 0 Å². The van der Waals surface area contributed by atoms with Crippen LogP contribution in [-0.2, 0) is 26.0 Å². The van der Waals surface area contributed by atoms with E-state index in [0.29, 0.717) is 43.3 Å². The van der Waals surface area contributed by atoms with E-state index in [1.807, 2.05) is 33.8 Å². The average molecular weight is 417 g/mol. The van der Waals surface area contributed by atoms with Gasteiger partial charge in [-0.2, -0.15) is 0 Å². The van der Waals surface area contributed by atoms with Crippen LogP contribution in [0.2, 0.25) is 0 Å². The second kappa shape index (κ2) is 8.55. The van der Waals surface area contributed by atoms with Crippen molar-refractivity contribution in [2.24, 2.45) is 0 Å². The molecule has 0 bridgehead atoms. The molecule has 156 valence electrons. The lowest BCUT2D eigenvalue weighted by molar-refractivity contribution is -0.134. The van der Waals surface area contributed by atoms with Crippen molar-refractivity contribution in [1.29, 1.82) is 0 Å². The number of rotatable bonds is 5. The molecule has 1 saturated heterocycles. The molecule has 1 heterocycles. The minimum atomic E-state index is -3.71. The Morgan fingerprint density at radius 3 is 2.10 bits per heavy atom. The molecule has 0 atom stereocenters. The van der Waals surface area contributed by atoms with Gasteiger partial charge in [0.2, 0.25) is 5.91 Å². The topological polar surface area (TPSA) is 75.7 Å². The van der Waals surface area contributed by atoms with Gasteiger partial charge >= 0.3 is 0 Å². The average Bonchev–Trinajstić information content (AvgIpc) is 2.68. The Bertz CT molecular complexity index is 982. The summed E-state index contributed by atoms with van der Waals surface area (Å²) >= 11 is 0. The molecule has 2 aromatic rings. The molecule has 2 aromatic carbocycles. The quantitative estimate of drug-likeness (QED) is 0.813. The van der Waals surface area contributed by atoms with Crippen LogP contribution in [0, 0.1) is 27.7 Å². The van der Waals surface area contributed by atoms with Gasteiger partial charge in [0.25, 0.3) is 10.0 Å². The molecule has 0 radical (unpaired) electrons. The van der Waals surface area contributed by atoms with Gasteiger partial charge in [-0.3, -0.25) is 9.52 Å². The zero-order valence-electron chi connectivity index (χ0n) is 17.4. The number of amides is 1. The molecule has 29 heavy (non-hydrogen) atoms. The van der Waals surface area contributed by atoms with Crippen molar-refractivity contribution in [3.8, 4) is 0 Å². The van der Waals surface area contributed by atoms with Crippen LogP contribution in [0.1, 0.15) is 27.8 Å². The maximum Gasteiger partial charge on any atom is 0.262 e. The third-order valence-corrected chi connectivity index (χ3v) is 7.15. The Labute approximate surface area is 172 Å². The molecule has 0 saturated carbocycles. The number of anilines is 1. The fourth-order valence-electron chi connectivity index (χ4n) is 3.58. The van der Waals surface area contributed by atoms with Crippen LogP contribution < -0.4 is 4.72 Å². The minimum Gasteiger partial charge on any atom is -0.378 e. The predicted molar refractivity (Wildman–Crippen MR) is 114 cm³/mol. The summed E-state index contributed by atoms with van der Waals surface area (Å²) in [5.41, 5.74) is 4.74. The predicted octanol–water partition coefficient (Wildman–Crippen LogP) is 3.12. The van der Waals surface area contributed by atoms with Gasteiger partial charge in [0, 0.05) is 18.8 Å². The van der Waals surface area contributed by atoms with Crippen LogP contribution in [0.3, 0.4) is 0 Å². The van der Waals surface area contributed by atoms with Gasteiger partial charge in [-0.1, -0.05) is 18.2 Å². The molecule has 0 unspecified atom stereocenters. The number of morpholine rings is 1. The number of carbonyl (C=O) groups is 1. The standard InChI is InChI=1S/C22H28N2O4S/c1-15-13-16(2)18(4)22(17(15)3)29(26,27)23-20-7-5-19(6-8-20)14-21(25)24-9-11-28-12-10-24/h5-8,13,23H,9-12,14H2,1-4H3. The van der Waals surface area contributed by atoms with Crippen molar-refractivity contribution < 1.29 is 17.9 Å². The first-order valence-electron chi connectivity index (χ1n) is 9.73. The molecule has 1 fully saturated rings. The Morgan fingerprint density at radius 2 is 1.55 bits per heavy atom. The second-order valence-electron chi connectivity index (χ2n) is 7.56. The maximum atomic E-state index is 13.0. The molecule has 1 aliphatic heterocycles. The van der Waals surface area contributed by atoms with Gasteiger partial charge in [0.1, 0.15) is 0 Å². The molecule has 3 rings (SSSR count). The number of sulfonamides is 1. The van der Waals surface area contributed by atoms with Crippen LogP contribution in [0.25, 0.3) is 0 Å². The highest BCUT2D eigenvalue weighted by Crippen LogP contribution is 2.28. The highest BCUT2D eigenvalue weighted by Gasteiger charge is 2.22. The van der Waals surface area contributed by atoms with E-state index in [4.69, 9.17) is 4.74 Å². The normalized spacial score (nSPS) is 14.7. The SMILES string of the molecule is Cc1cc(C)c(C)c(S(=O)(=O)Nc2ccc(CC(=O)N3CCOCC3)cc2)c1C. The number of hydrogen-bond acceptors (Lipinski definition) is 4. The third-order valence-electron chi connectivity index (χ3n) is 5.49. The number of aryl methyl sites for hydroxylation is 2. The van der Waals surface area contributed by atoms with Gasteiger partial charge in [0.05, 0.1) is 24.5 Å². The Morgan fingerprint density at radius 1 is 1.00 bits per heavy atom. The summed E-state index contributed by atoms with van der Waals surface area (Å²) in [5, 5.41) is 0. The Hall–Kier alpha value is -2.38. The van der Waals surface area contributed by atoms with E-state index < -0.39 is 10.0 Å². The monoisotopic (exact) mass is 416 g/mol. The van der Waals surface area contributed by atoms with E-state index >= 15 is 0 Å². The fourth-order valence-corrected chi connectivity index (χ4v) is 5.26. The molecular formula is C22H28N2O4S. The molecule has 0 aliphatic carbocycles. The van der Waals surface area contributed by atoms with Crippen LogP contribution >= 0.6 is 0 Å². The lowest BCUT2D eigenvalue weighted by Gasteiger charge is -2.26. The summed E-state index contributed by atoms with van der Waals surface area (Å²) in [6, 6.07) is 8.98. The molecule has 7 heteroatoms. The molecule has 1 amide bonds. The van der Waals surface area contributed by atoms with Gasteiger partial charge in [-0.05, 0) is 67.6 Å². The van der Waals surface area contributed by atoms with Crippen LogP contribution in [0.15, 0.2) is 35.2 Å². The number of ether oxygens (including phenoxy) is 1. The first kappa shape index (κ1) is 21.3. The number of nitrogens with zero attached hydrogens (tertiary/aromatic N) is 1. The molecule has 6 nitrogen and oxygen atoms in total. The van der Waals surface area contributed by atoms with E-state index in [9.17, 15) is 13.2 Å². The van der Waals surface area contributed by atoms with Crippen molar-refractivity contribution in [3.05, 3.63) is 58.1 Å². The number of nitrogens with one attached hydrogen (secondary N) is 1. The number of hydrogen-bond donors (Lipinski definition) is 1. The lowest BCUT2D eigenvalue weighted by atomic mass is 10.0. The van der Waals surface area contributed by atoms with Crippen molar-refractivity contribution in [2.75, 3.05) is 31.0 Å². The molecular weight excluding hydrogens is 388 g/mol. The summed E-state index contributed by atoms with van der Waals surface area (Å²) < 4.78 is 34.0. The van der Waals surface area contributed by atoms with E-state index in [2.05, 4.69) is 4.72 Å². The van der Waals surface area contributed by atoms with E-state index in [0.717, 1.165) is 27.8 Å². The molecule has 0 spiro atoms. The highest BCUT2D eigenvalue weighted by atomic mass is 32.2. The largest absolute Gasteiger partial charge is 0.378 e. The maximum absolute atomic E-state index is 13.0. The van der Waals surface area contributed by atoms with Gasteiger partial charge in [0.15, 0.2) is 0 Å². The molecule has 1 N–H and O–H groups in total. The zero-order valence-corrected chi connectivity index (χ0v) is 18.2. The first-order valence-corrected chi connectivity index (χ1v) is 11.2. The first-order chi connectivity index (χ1) is 13.7. The summed E-state index contributed by atoms with van der Waals surface area (Å²) in [4.78, 5) is 14.5. The van der Waals surface area contributed by atoms with Crippen LogP contribution in [0.4, 0.5) is 5.69 Å². The second-order valence-corrected chi connectivity index (χ2v) is 9.18. The minimum absolute atomic E-state index is 0.0584. The van der Waals surface area contributed by atoms with Crippen molar-refractivity contribution >= 4 is 21.6 Å². The van der Waals surface area contributed by atoms with Crippen molar-refractivity contribution in [2.45, 2.75) is 39.0 Å². The number of benzene rings is 2. The smallest absolute Gasteiger partial charge is 0.262 e. The van der Waals surface area contributed by atoms with Crippen molar-refractivity contribution in [1.82, 2.24) is 4.90 Å². The van der Waals surface area contributed by atoms with Crippen molar-refractivity contribution in [3.63, 3.8) is 0 Å². The third kappa shape index (κ3) is 4.79. The van der Waals surface area contributed by atoms with E-state index in [-0.39, 0.29) is 5.91 Å². The van der Waals surface area contributed by atoms with Gasteiger partial charge < -0.3 is 9.64 Å². The highest BCUT2D eigenvalue weighted by molar-refractivity contribution is 7.92. The number of carbonyl (C=O) groups excluding carboxylic acids is 1. The fraction of sp³-hybridized carbons (Fsp3) is 0.409. The zero-order chi connectivity index (χ0) is 21.2. The summed E-state index contributed by atoms with van der Waals surface area (Å²) in [6.07, 6.45) is 0.294. The summed E-state index contributed by atoms with van der Waals surface area (Å²) in [5.74, 6) is 0.0584. The van der Waals surface area contributed by atoms with Crippen LogP contribution in [0.5, 0.6) is 0 Å². The van der Waals surface area contributed by atoms with Crippen LogP contribution in [-0.4, -0.2) is 45.5 Å². The van der Waals surface area contributed by atoms with E-state index in [1.54, 1.807) is 29.2 Å². The molecule has 1 aliphatic rings. The Balaban J connectivity index is 1.75. The summed E-state index contributed by atoms with van der Waals surface area (Å²) in [6.45, 7) is 9.87. The lowest BCUT2D eigenvalue weighted by Crippen LogP contribution is -2.41. The molecule has 0 aromatic heterocycles. The van der Waals surface area contributed by atoms with Gasteiger partial charge in [-0.25, -0.2) is 8.42 Å².